The molecule has 0 aliphatic carbocycles. The molecule has 2 heterocycles. The summed E-state index contributed by atoms with van der Waals surface area (Å²) in [5, 5.41) is 20.3. The second-order valence-electron chi connectivity index (χ2n) is 5.08. The maximum atomic E-state index is 9.35. The Morgan fingerprint density at radius 1 is 1.45 bits per heavy atom. The minimum Gasteiger partial charge on any atom is -0.497 e. The average Bonchev–Trinajstić information content (AvgIpc) is 2.79. The number of aromatic nitrogens is 2. The Kier molecular flexibility index (Phi) is 4.32. The molecule has 0 spiro atoms. The molecule has 0 atom stereocenters. The number of halogens is 1. The van der Waals surface area contributed by atoms with Gasteiger partial charge in [-0.05, 0) is 33.6 Å². The van der Waals surface area contributed by atoms with Crippen molar-refractivity contribution in [2.75, 3.05) is 25.5 Å². The molecule has 6 nitrogen and oxygen atoms in total. The Bertz CT molecular complexity index is 700. The third-order valence-electron chi connectivity index (χ3n) is 3.70. The van der Waals surface area contributed by atoms with Gasteiger partial charge in [-0.2, -0.15) is 10.4 Å². The zero-order valence-corrected chi connectivity index (χ0v) is 13.7. The first-order chi connectivity index (χ1) is 10.7. The molecule has 1 fully saturated rings. The molecular weight excluding hydrogens is 346 g/mol. The Morgan fingerprint density at radius 3 is 2.73 bits per heavy atom. The van der Waals surface area contributed by atoms with Crippen LogP contribution in [-0.4, -0.2) is 30.0 Å². The zero-order valence-electron chi connectivity index (χ0n) is 12.1. The van der Waals surface area contributed by atoms with Gasteiger partial charge in [0.2, 0.25) is 0 Å². The predicted octanol–water partition coefficient (Wildman–Crippen LogP) is 2.28. The van der Waals surface area contributed by atoms with Gasteiger partial charge in [0.25, 0.3) is 0 Å². The molecule has 0 amide bonds. The lowest BCUT2D eigenvalue weighted by Gasteiger charge is -2.29. The summed E-state index contributed by atoms with van der Waals surface area (Å²) in [4.78, 5) is 0. The second-order valence-corrected chi connectivity index (χ2v) is 5.84. The van der Waals surface area contributed by atoms with E-state index in [1.165, 1.54) is 0 Å². The van der Waals surface area contributed by atoms with Gasteiger partial charge in [0, 0.05) is 19.6 Å². The highest BCUT2D eigenvalue weighted by Crippen LogP contribution is 2.28. The lowest BCUT2D eigenvalue weighted by Crippen LogP contribution is -2.44. The van der Waals surface area contributed by atoms with Crippen molar-refractivity contribution in [3.63, 3.8) is 0 Å². The summed E-state index contributed by atoms with van der Waals surface area (Å²) in [5.74, 6) is 1.59. The fourth-order valence-corrected chi connectivity index (χ4v) is 2.76. The summed E-state index contributed by atoms with van der Waals surface area (Å²) >= 11 is 3.36. The molecule has 0 bridgehead atoms. The molecule has 2 N–H and O–H groups in total. The first kappa shape index (κ1) is 14.9. The summed E-state index contributed by atoms with van der Waals surface area (Å²) in [6, 6.07) is 10.3. The molecule has 2 aromatic rings. The summed E-state index contributed by atoms with van der Waals surface area (Å²) in [6.07, 6.45) is 0. The van der Waals surface area contributed by atoms with Crippen molar-refractivity contribution >= 4 is 21.7 Å². The van der Waals surface area contributed by atoms with Crippen LogP contribution in [0.2, 0.25) is 0 Å². The molecule has 0 saturated carbocycles. The molecule has 3 rings (SSSR count). The van der Waals surface area contributed by atoms with Crippen molar-refractivity contribution in [2.24, 2.45) is 0 Å². The van der Waals surface area contributed by atoms with E-state index in [2.05, 4.69) is 37.7 Å². The van der Waals surface area contributed by atoms with Crippen LogP contribution >= 0.6 is 15.9 Å². The van der Waals surface area contributed by atoms with Gasteiger partial charge in [-0.1, -0.05) is 12.1 Å². The first-order valence-corrected chi connectivity index (χ1v) is 7.78. The number of hydrogen-bond acceptors (Lipinski definition) is 5. The van der Waals surface area contributed by atoms with E-state index >= 15 is 0 Å². The molecule has 0 unspecified atom stereocenters. The van der Waals surface area contributed by atoms with Crippen LogP contribution in [-0.2, 0) is 6.54 Å². The van der Waals surface area contributed by atoms with Crippen molar-refractivity contribution in [2.45, 2.75) is 12.6 Å². The van der Waals surface area contributed by atoms with Gasteiger partial charge >= 0.3 is 0 Å². The van der Waals surface area contributed by atoms with Gasteiger partial charge < -0.3 is 15.4 Å². The normalized spacial score (nSPS) is 14.2. The van der Waals surface area contributed by atoms with E-state index in [1.54, 1.807) is 7.11 Å². The van der Waals surface area contributed by atoms with E-state index in [4.69, 9.17) is 4.74 Å². The van der Waals surface area contributed by atoms with Gasteiger partial charge in [0.1, 0.15) is 27.8 Å². The van der Waals surface area contributed by atoms with Gasteiger partial charge in [-0.3, -0.25) is 0 Å². The van der Waals surface area contributed by atoms with Crippen molar-refractivity contribution in [1.29, 1.82) is 5.26 Å². The number of hydrogen-bond donors (Lipinski definition) is 2. The fraction of sp³-hybridized carbons (Fsp3) is 0.333. The molecule has 1 aliphatic rings. The van der Waals surface area contributed by atoms with Gasteiger partial charge in [-0.15, -0.1) is 0 Å². The number of nitrogens with zero attached hydrogens (tertiary/aromatic N) is 3. The molecule has 1 aromatic carbocycles. The minimum absolute atomic E-state index is 0.289. The van der Waals surface area contributed by atoms with Crippen LogP contribution in [0.25, 0.3) is 0 Å². The van der Waals surface area contributed by atoms with E-state index in [-0.39, 0.29) is 6.04 Å². The molecule has 114 valence electrons. The SMILES string of the molecule is COc1ccc(CNc2c(C#N)c(Br)nn2C2CNC2)cc1. The summed E-state index contributed by atoms with van der Waals surface area (Å²) in [7, 11) is 1.65. The lowest BCUT2D eigenvalue weighted by atomic mass is 10.2. The molecule has 0 radical (unpaired) electrons. The third kappa shape index (κ3) is 2.80. The molecule has 1 aromatic heterocycles. The Balaban J connectivity index is 1.79. The number of anilines is 1. The number of nitriles is 1. The van der Waals surface area contributed by atoms with Crippen LogP contribution in [0.4, 0.5) is 5.82 Å². The Labute approximate surface area is 137 Å². The molecule has 22 heavy (non-hydrogen) atoms. The average molecular weight is 362 g/mol. The summed E-state index contributed by atoms with van der Waals surface area (Å²) < 4.78 is 7.63. The minimum atomic E-state index is 0.289. The predicted molar refractivity (Wildman–Crippen MR) is 86.9 cm³/mol. The van der Waals surface area contributed by atoms with E-state index in [9.17, 15) is 5.26 Å². The van der Waals surface area contributed by atoms with Crippen molar-refractivity contribution in [3.8, 4) is 11.8 Å². The van der Waals surface area contributed by atoms with Crippen molar-refractivity contribution in [3.05, 3.63) is 40.0 Å². The van der Waals surface area contributed by atoms with E-state index < -0.39 is 0 Å². The van der Waals surface area contributed by atoms with Crippen LogP contribution < -0.4 is 15.4 Å². The number of benzene rings is 1. The van der Waals surface area contributed by atoms with Gasteiger partial charge in [0.05, 0.1) is 13.2 Å². The van der Waals surface area contributed by atoms with E-state index in [1.807, 2.05) is 28.9 Å². The highest BCUT2D eigenvalue weighted by atomic mass is 79.9. The van der Waals surface area contributed by atoms with Crippen LogP contribution in [0.1, 0.15) is 17.2 Å². The third-order valence-corrected chi connectivity index (χ3v) is 4.26. The van der Waals surface area contributed by atoms with Crippen LogP contribution in [0.3, 0.4) is 0 Å². The number of methoxy groups -OCH3 is 1. The van der Waals surface area contributed by atoms with Crippen LogP contribution in [0.15, 0.2) is 28.9 Å². The van der Waals surface area contributed by atoms with Crippen molar-refractivity contribution < 1.29 is 4.74 Å². The Morgan fingerprint density at radius 2 is 2.18 bits per heavy atom. The quantitative estimate of drug-likeness (QED) is 0.854. The topological polar surface area (TPSA) is 74.9 Å². The van der Waals surface area contributed by atoms with E-state index in [0.29, 0.717) is 16.7 Å². The molecular formula is C15H16BrN5O. The smallest absolute Gasteiger partial charge is 0.148 e. The number of ether oxygens (including phenoxy) is 1. The maximum Gasteiger partial charge on any atom is 0.148 e. The largest absolute Gasteiger partial charge is 0.497 e. The Hall–Kier alpha value is -2.04. The zero-order chi connectivity index (χ0) is 15.5. The highest BCUT2D eigenvalue weighted by molar-refractivity contribution is 9.10. The fourth-order valence-electron chi connectivity index (χ4n) is 2.32. The number of rotatable bonds is 5. The highest BCUT2D eigenvalue weighted by Gasteiger charge is 2.26. The van der Waals surface area contributed by atoms with Gasteiger partial charge in [0.15, 0.2) is 0 Å². The van der Waals surface area contributed by atoms with Crippen LogP contribution in [0.5, 0.6) is 5.75 Å². The monoisotopic (exact) mass is 361 g/mol. The second kappa shape index (κ2) is 6.38. The van der Waals surface area contributed by atoms with Crippen molar-refractivity contribution in [1.82, 2.24) is 15.1 Å². The summed E-state index contributed by atoms with van der Waals surface area (Å²) in [6.45, 7) is 2.36. The summed E-state index contributed by atoms with van der Waals surface area (Å²) in [5.41, 5.74) is 1.65. The van der Waals surface area contributed by atoms with Gasteiger partial charge in [-0.25, -0.2) is 4.68 Å². The molecule has 1 saturated heterocycles. The first-order valence-electron chi connectivity index (χ1n) is 6.98. The lowest BCUT2D eigenvalue weighted by molar-refractivity contribution is 0.320. The standard InChI is InChI=1S/C15H16BrN5O/c1-22-12-4-2-10(3-5-12)7-19-15-13(6-17)14(16)20-21(15)11-8-18-9-11/h2-5,11,18-19H,7-9H2,1H3. The van der Waals surface area contributed by atoms with Crippen LogP contribution in [0, 0.1) is 11.3 Å². The molecule has 1 aliphatic heterocycles. The number of nitrogens with one attached hydrogen (secondary N) is 2. The maximum absolute atomic E-state index is 9.35. The molecule has 7 heteroatoms. The van der Waals surface area contributed by atoms with E-state index in [0.717, 1.165) is 30.2 Å².